The predicted molar refractivity (Wildman–Crippen MR) is 61.3 cm³/mol. The van der Waals surface area contributed by atoms with Crippen LogP contribution in [0.5, 0.6) is 0 Å². The van der Waals surface area contributed by atoms with Gasteiger partial charge in [0, 0.05) is 0 Å². The standard InChI is InChI=1S/C11H25Si.Li/c1-5-6-7-8-9-10-11(2,3)12-4;/h4-10,12H2,1-3H3;/q-1;+1. The molecule has 0 nitrogen and oxygen atoms in total. The van der Waals surface area contributed by atoms with E-state index in [0.717, 1.165) is 0 Å². The van der Waals surface area contributed by atoms with Crippen molar-refractivity contribution in [2.75, 3.05) is 0 Å². The van der Waals surface area contributed by atoms with E-state index in [1.165, 1.54) is 38.5 Å². The molecule has 0 unspecified atom stereocenters. The molecule has 0 aromatic carbocycles. The van der Waals surface area contributed by atoms with Crippen molar-refractivity contribution in [3.05, 3.63) is 6.55 Å². The van der Waals surface area contributed by atoms with Crippen LogP contribution in [0.2, 0.25) is 5.04 Å². The molecule has 0 fully saturated rings. The summed E-state index contributed by atoms with van der Waals surface area (Å²) in [5, 5.41) is 0.617. The van der Waals surface area contributed by atoms with Crippen LogP contribution in [0.4, 0.5) is 0 Å². The molecule has 0 N–H and O–H groups in total. The van der Waals surface area contributed by atoms with Gasteiger partial charge in [0.1, 0.15) is 0 Å². The van der Waals surface area contributed by atoms with Crippen LogP contribution in [0.3, 0.4) is 0 Å². The zero-order valence-corrected chi connectivity index (χ0v) is 11.6. The quantitative estimate of drug-likeness (QED) is 0.313. The fraction of sp³-hybridized carbons (Fsp3) is 0.909. The van der Waals surface area contributed by atoms with Gasteiger partial charge >= 0.3 is 18.9 Å². The Kier molecular flexibility index (Phi) is 11.7. The molecule has 13 heavy (non-hydrogen) atoms. The van der Waals surface area contributed by atoms with Crippen LogP contribution in [0, 0.1) is 6.55 Å². The molecule has 0 spiro atoms. The van der Waals surface area contributed by atoms with Crippen LogP contribution in [-0.4, -0.2) is 9.52 Å². The van der Waals surface area contributed by atoms with Crippen molar-refractivity contribution < 1.29 is 18.9 Å². The number of unbranched alkanes of at least 4 members (excludes halogenated alkanes) is 4. The summed E-state index contributed by atoms with van der Waals surface area (Å²) in [5.74, 6) is 0. The zero-order chi connectivity index (χ0) is 9.45. The van der Waals surface area contributed by atoms with Gasteiger partial charge in [0.15, 0.2) is 0 Å². The summed E-state index contributed by atoms with van der Waals surface area (Å²) in [6.45, 7) is 11.1. The smallest absolute Gasteiger partial charge is 0.347 e. The Hall–Kier alpha value is 0.814. The molecule has 74 valence electrons. The van der Waals surface area contributed by atoms with E-state index in [2.05, 4.69) is 27.3 Å². The minimum atomic E-state index is -0.0476. The summed E-state index contributed by atoms with van der Waals surface area (Å²) in [7, 11) is -0.0476. The van der Waals surface area contributed by atoms with Gasteiger partial charge in [-0.25, -0.2) is 0 Å². The molecule has 0 saturated carbocycles. The molecule has 2 heteroatoms. The van der Waals surface area contributed by atoms with E-state index >= 15 is 0 Å². The Labute approximate surface area is 99.3 Å². The molecular formula is C11H25LiSi. The SMILES string of the molecule is [CH2-][SiH2]C(C)(C)CCCCCCC.[Li+]. The van der Waals surface area contributed by atoms with E-state index < -0.39 is 0 Å². The Balaban J connectivity index is 0. The van der Waals surface area contributed by atoms with E-state index in [9.17, 15) is 0 Å². The van der Waals surface area contributed by atoms with Crippen molar-refractivity contribution in [3.63, 3.8) is 0 Å². The molecule has 0 aliphatic carbocycles. The van der Waals surface area contributed by atoms with Crippen LogP contribution >= 0.6 is 0 Å². The molecule has 0 radical (unpaired) electrons. The molecule has 0 atom stereocenters. The predicted octanol–water partition coefficient (Wildman–Crippen LogP) is 0.510. The monoisotopic (exact) mass is 192 g/mol. The van der Waals surface area contributed by atoms with Crippen LogP contribution in [-0.2, 0) is 0 Å². The maximum atomic E-state index is 4.11. The third-order valence-electron chi connectivity index (χ3n) is 2.63. The van der Waals surface area contributed by atoms with Gasteiger partial charge in [0.25, 0.3) is 0 Å². The molecular weight excluding hydrogens is 167 g/mol. The maximum absolute atomic E-state index is 4.11. The second-order valence-corrected chi connectivity index (χ2v) is 6.99. The largest absolute Gasteiger partial charge is 1.00 e. The van der Waals surface area contributed by atoms with Gasteiger partial charge in [-0.15, -0.1) is 9.52 Å². The molecule has 0 aliphatic heterocycles. The van der Waals surface area contributed by atoms with Gasteiger partial charge in [-0.2, -0.15) is 0 Å². The number of hydrogen-bond acceptors (Lipinski definition) is 0. The van der Waals surface area contributed by atoms with Gasteiger partial charge in [-0.1, -0.05) is 64.3 Å². The molecule has 0 saturated heterocycles. The molecule has 0 bridgehead atoms. The van der Waals surface area contributed by atoms with Gasteiger partial charge < -0.3 is 6.55 Å². The maximum Gasteiger partial charge on any atom is 1.00 e. The fourth-order valence-electron chi connectivity index (χ4n) is 1.33. The van der Waals surface area contributed by atoms with Crippen molar-refractivity contribution >= 4 is 9.52 Å². The molecule has 0 amide bonds. The molecule has 0 rings (SSSR count). The third kappa shape index (κ3) is 10.7. The van der Waals surface area contributed by atoms with Crippen molar-refractivity contribution in [2.24, 2.45) is 0 Å². The Morgan fingerprint density at radius 1 is 1.08 bits per heavy atom. The third-order valence-corrected chi connectivity index (χ3v) is 4.34. The summed E-state index contributed by atoms with van der Waals surface area (Å²) in [6.07, 6.45) is 8.48. The van der Waals surface area contributed by atoms with Gasteiger partial charge in [-0.3, -0.25) is 0 Å². The molecule has 0 aromatic heterocycles. The first kappa shape index (κ1) is 16.3. The van der Waals surface area contributed by atoms with E-state index in [1.54, 1.807) is 0 Å². The molecule has 0 aliphatic rings. The van der Waals surface area contributed by atoms with Crippen molar-refractivity contribution in [3.8, 4) is 0 Å². The molecule has 0 heterocycles. The van der Waals surface area contributed by atoms with Crippen molar-refractivity contribution in [2.45, 2.75) is 64.3 Å². The Morgan fingerprint density at radius 2 is 1.62 bits per heavy atom. The van der Waals surface area contributed by atoms with E-state index in [0.29, 0.717) is 5.04 Å². The second kappa shape index (κ2) is 9.37. The summed E-state index contributed by atoms with van der Waals surface area (Å²) >= 11 is 0. The minimum absolute atomic E-state index is 0. The van der Waals surface area contributed by atoms with Crippen molar-refractivity contribution in [1.82, 2.24) is 0 Å². The summed E-state index contributed by atoms with van der Waals surface area (Å²) in [4.78, 5) is 0. The Bertz CT molecular complexity index is 102. The van der Waals surface area contributed by atoms with Crippen molar-refractivity contribution in [1.29, 1.82) is 0 Å². The number of rotatable bonds is 7. The van der Waals surface area contributed by atoms with E-state index in [4.69, 9.17) is 0 Å². The average molecular weight is 192 g/mol. The van der Waals surface area contributed by atoms with Crippen LogP contribution in [0.25, 0.3) is 0 Å². The first-order chi connectivity index (χ1) is 5.62. The summed E-state index contributed by atoms with van der Waals surface area (Å²) < 4.78 is 0. The van der Waals surface area contributed by atoms with Crippen LogP contribution in [0.15, 0.2) is 0 Å². The van der Waals surface area contributed by atoms with E-state index in [1.807, 2.05) is 0 Å². The van der Waals surface area contributed by atoms with Gasteiger partial charge in [0.2, 0.25) is 0 Å². The van der Waals surface area contributed by atoms with E-state index in [-0.39, 0.29) is 28.4 Å². The average Bonchev–Trinajstić information content (AvgIpc) is 2.04. The normalized spacial score (nSPS) is 12.0. The van der Waals surface area contributed by atoms with Crippen LogP contribution in [0.1, 0.15) is 59.3 Å². The fourth-order valence-corrected chi connectivity index (χ4v) is 1.83. The topological polar surface area (TPSA) is 0 Å². The van der Waals surface area contributed by atoms with Gasteiger partial charge in [-0.05, 0) is 0 Å². The van der Waals surface area contributed by atoms with Crippen LogP contribution < -0.4 is 18.9 Å². The zero-order valence-electron chi connectivity index (χ0n) is 10.2. The number of hydrogen-bond donors (Lipinski definition) is 0. The first-order valence-electron chi connectivity index (χ1n) is 5.41. The Morgan fingerprint density at radius 3 is 2.08 bits per heavy atom. The summed E-state index contributed by atoms with van der Waals surface area (Å²) in [5.41, 5.74) is 0. The second-order valence-electron chi connectivity index (χ2n) is 4.58. The first-order valence-corrected chi connectivity index (χ1v) is 7.12. The van der Waals surface area contributed by atoms with Gasteiger partial charge in [0.05, 0.1) is 0 Å². The molecule has 0 aromatic rings. The summed E-state index contributed by atoms with van der Waals surface area (Å²) in [6, 6.07) is 0. The minimum Gasteiger partial charge on any atom is -0.347 e.